The smallest absolute Gasteiger partial charge is 0.0837 e. The first-order valence-corrected chi connectivity index (χ1v) is 6.95. The average molecular weight is 256 g/mol. The van der Waals surface area contributed by atoms with E-state index < -0.39 is 0 Å². The standard InChI is InChI=1S/C15H16N2S/c1-12(14-7-8-18-11-14)17-10-15(9-16)13-5-3-2-4-6-13/h2-8,11-12,15,17H,10H2,1H3. The molecule has 0 saturated heterocycles. The van der Waals surface area contributed by atoms with Crippen LogP contribution in [0.1, 0.15) is 30.0 Å². The Bertz CT molecular complexity index is 499. The minimum absolute atomic E-state index is 0.0905. The van der Waals surface area contributed by atoms with E-state index in [0.29, 0.717) is 6.54 Å². The fraction of sp³-hybridized carbons (Fsp3) is 0.267. The third-order valence-corrected chi connectivity index (χ3v) is 3.73. The van der Waals surface area contributed by atoms with Gasteiger partial charge in [0.05, 0.1) is 12.0 Å². The fourth-order valence-electron chi connectivity index (χ4n) is 1.86. The third kappa shape index (κ3) is 3.19. The van der Waals surface area contributed by atoms with E-state index in [1.807, 2.05) is 30.3 Å². The van der Waals surface area contributed by atoms with E-state index >= 15 is 0 Å². The SMILES string of the molecule is CC(NCC(C#N)c1ccccc1)c1ccsc1. The molecule has 2 unspecified atom stereocenters. The van der Waals surface area contributed by atoms with Gasteiger partial charge in [-0.2, -0.15) is 16.6 Å². The summed E-state index contributed by atoms with van der Waals surface area (Å²) in [5, 5.41) is 16.9. The van der Waals surface area contributed by atoms with E-state index in [1.165, 1.54) is 5.56 Å². The second-order valence-electron chi connectivity index (χ2n) is 4.28. The van der Waals surface area contributed by atoms with Crippen molar-refractivity contribution >= 4 is 11.3 Å². The summed E-state index contributed by atoms with van der Waals surface area (Å²) >= 11 is 1.70. The van der Waals surface area contributed by atoms with Gasteiger partial charge in [0.2, 0.25) is 0 Å². The van der Waals surface area contributed by atoms with Crippen molar-refractivity contribution in [2.75, 3.05) is 6.54 Å². The summed E-state index contributed by atoms with van der Waals surface area (Å²) in [6.07, 6.45) is 0. The molecule has 0 fully saturated rings. The maximum Gasteiger partial charge on any atom is 0.0837 e. The lowest BCUT2D eigenvalue weighted by Crippen LogP contribution is -2.23. The summed E-state index contributed by atoms with van der Waals surface area (Å²) in [4.78, 5) is 0. The number of hydrogen-bond acceptors (Lipinski definition) is 3. The van der Waals surface area contributed by atoms with Gasteiger partial charge in [-0.1, -0.05) is 30.3 Å². The number of nitriles is 1. The highest BCUT2D eigenvalue weighted by atomic mass is 32.1. The van der Waals surface area contributed by atoms with Crippen LogP contribution in [0.15, 0.2) is 47.2 Å². The third-order valence-electron chi connectivity index (χ3n) is 3.03. The van der Waals surface area contributed by atoms with Crippen molar-refractivity contribution in [1.29, 1.82) is 5.26 Å². The second-order valence-corrected chi connectivity index (χ2v) is 5.06. The number of thiophene rings is 1. The normalized spacial score (nSPS) is 13.8. The molecule has 1 heterocycles. The van der Waals surface area contributed by atoms with Crippen molar-refractivity contribution in [3.63, 3.8) is 0 Å². The van der Waals surface area contributed by atoms with Gasteiger partial charge in [-0.15, -0.1) is 0 Å². The molecule has 1 aromatic heterocycles. The van der Waals surface area contributed by atoms with Crippen molar-refractivity contribution < 1.29 is 0 Å². The van der Waals surface area contributed by atoms with Crippen LogP contribution in [0.4, 0.5) is 0 Å². The maximum atomic E-state index is 9.23. The van der Waals surface area contributed by atoms with Crippen LogP contribution in [0, 0.1) is 11.3 Å². The molecular weight excluding hydrogens is 240 g/mol. The quantitative estimate of drug-likeness (QED) is 0.885. The summed E-state index contributed by atoms with van der Waals surface area (Å²) in [6, 6.07) is 14.7. The first-order valence-electron chi connectivity index (χ1n) is 6.01. The van der Waals surface area contributed by atoms with Gasteiger partial charge in [-0.25, -0.2) is 0 Å². The first-order chi connectivity index (χ1) is 8.81. The molecular formula is C15H16N2S. The molecule has 18 heavy (non-hydrogen) atoms. The Kier molecular flexibility index (Phi) is 4.52. The number of nitrogens with zero attached hydrogens (tertiary/aromatic N) is 1. The zero-order chi connectivity index (χ0) is 12.8. The second kappa shape index (κ2) is 6.34. The van der Waals surface area contributed by atoms with Crippen molar-refractivity contribution in [3.8, 4) is 6.07 Å². The largest absolute Gasteiger partial charge is 0.309 e. The summed E-state index contributed by atoms with van der Waals surface area (Å²) in [5.74, 6) is -0.0905. The molecule has 0 spiro atoms. The lowest BCUT2D eigenvalue weighted by atomic mass is 10.0. The molecule has 0 aliphatic carbocycles. The molecule has 0 saturated carbocycles. The molecule has 2 atom stereocenters. The summed E-state index contributed by atoms with van der Waals surface area (Å²) in [7, 11) is 0. The average Bonchev–Trinajstić information content (AvgIpc) is 2.94. The van der Waals surface area contributed by atoms with Crippen molar-refractivity contribution in [3.05, 3.63) is 58.3 Å². The van der Waals surface area contributed by atoms with E-state index in [1.54, 1.807) is 11.3 Å². The minimum atomic E-state index is -0.0905. The van der Waals surface area contributed by atoms with Crippen LogP contribution in [0.25, 0.3) is 0 Å². The molecule has 0 amide bonds. The Morgan fingerprint density at radius 2 is 2.00 bits per heavy atom. The van der Waals surface area contributed by atoms with Crippen LogP contribution in [0.5, 0.6) is 0 Å². The Morgan fingerprint density at radius 3 is 2.61 bits per heavy atom. The predicted molar refractivity (Wildman–Crippen MR) is 75.5 cm³/mol. The first kappa shape index (κ1) is 12.8. The Labute approximate surface area is 112 Å². The van der Waals surface area contributed by atoms with Gasteiger partial charge in [0.1, 0.15) is 0 Å². The van der Waals surface area contributed by atoms with Crippen molar-refractivity contribution in [2.24, 2.45) is 0 Å². The summed E-state index contributed by atoms with van der Waals surface area (Å²) in [6.45, 7) is 2.80. The van der Waals surface area contributed by atoms with Crippen LogP contribution in [0.3, 0.4) is 0 Å². The molecule has 1 N–H and O–H groups in total. The summed E-state index contributed by atoms with van der Waals surface area (Å²) in [5.41, 5.74) is 2.36. The van der Waals surface area contributed by atoms with E-state index in [2.05, 4.69) is 35.1 Å². The van der Waals surface area contributed by atoms with Crippen LogP contribution in [0.2, 0.25) is 0 Å². The highest BCUT2D eigenvalue weighted by Crippen LogP contribution is 2.18. The monoisotopic (exact) mass is 256 g/mol. The molecule has 2 aromatic rings. The Morgan fingerprint density at radius 1 is 1.22 bits per heavy atom. The number of hydrogen-bond donors (Lipinski definition) is 1. The van der Waals surface area contributed by atoms with Crippen molar-refractivity contribution in [2.45, 2.75) is 18.9 Å². The Hall–Kier alpha value is -1.63. The Balaban J connectivity index is 1.95. The zero-order valence-electron chi connectivity index (χ0n) is 10.3. The molecule has 2 rings (SSSR count). The van der Waals surface area contributed by atoms with Gasteiger partial charge in [0.15, 0.2) is 0 Å². The lowest BCUT2D eigenvalue weighted by Gasteiger charge is -2.15. The van der Waals surface area contributed by atoms with Gasteiger partial charge >= 0.3 is 0 Å². The van der Waals surface area contributed by atoms with E-state index in [4.69, 9.17) is 0 Å². The number of benzene rings is 1. The molecule has 2 nitrogen and oxygen atoms in total. The van der Waals surface area contributed by atoms with Crippen LogP contribution < -0.4 is 5.32 Å². The molecule has 0 radical (unpaired) electrons. The van der Waals surface area contributed by atoms with Crippen LogP contribution in [-0.4, -0.2) is 6.54 Å². The topological polar surface area (TPSA) is 35.8 Å². The van der Waals surface area contributed by atoms with E-state index in [9.17, 15) is 5.26 Å². The lowest BCUT2D eigenvalue weighted by molar-refractivity contribution is 0.559. The molecule has 0 bridgehead atoms. The van der Waals surface area contributed by atoms with Gasteiger partial charge in [-0.3, -0.25) is 0 Å². The van der Waals surface area contributed by atoms with E-state index in [0.717, 1.165) is 5.56 Å². The van der Waals surface area contributed by atoms with Crippen LogP contribution >= 0.6 is 11.3 Å². The predicted octanol–water partition coefficient (Wildman–Crippen LogP) is 3.71. The minimum Gasteiger partial charge on any atom is -0.309 e. The molecule has 3 heteroatoms. The zero-order valence-corrected chi connectivity index (χ0v) is 11.2. The van der Waals surface area contributed by atoms with Gasteiger partial charge in [-0.05, 0) is 34.9 Å². The maximum absolute atomic E-state index is 9.23. The highest BCUT2D eigenvalue weighted by Gasteiger charge is 2.12. The number of nitrogens with one attached hydrogen (secondary N) is 1. The van der Waals surface area contributed by atoms with Crippen LogP contribution in [-0.2, 0) is 0 Å². The number of rotatable bonds is 5. The molecule has 1 aromatic carbocycles. The van der Waals surface area contributed by atoms with E-state index in [-0.39, 0.29) is 12.0 Å². The molecule has 0 aliphatic heterocycles. The summed E-state index contributed by atoms with van der Waals surface area (Å²) < 4.78 is 0. The highest BCUT2D eigenvalue weighted by molar-refractivity contribution is 7.07. The molecule has 92 valence electrons. The van der Waals surface area contributed by atoms with Crippen molar-refractivity contribution in [1.82, 2.24) is 5.32 Å². The van der Waals surface area contributed by atoms with Gasteiger partial charge < -0.3 is 5.32 Å². The molecule has 0 aliphatic rings. The fourth-order valence-corrected chi connectivity index (χ4v) is 2.61. The van der Waals surface area contributed by atoms with Gasteiger partial charge in [0.25, 0.3) is 0 Å². The van der Waals surface area contributed by atoms with Gasteiger partial charge in [0, 0.05) is 12.6 Å².